The molecule has 0 aromatic carbocycles. The highest BCUT2D eigenvalue weighted by atomic mass is 32.2. The first-order valence-electron chi connectivity index (χ1n) is 7.13. The lowest BCUT2D eigenvalue weighted by Gasteiger charge is -2.28. The van der Waals surface area contributed by atoms with E-state index in [0.717, 1.165) is 19.3 Å². The first-order chi connectivity index (χ1) is 10.0. The number of nitrogens with two attached hydrogens (primary N) is 1. The van der Waals surface area contributed by atoms with Crippen molar-refractivity contribution in [1.82, 2.24) is 9.29 Å². The van der Waals surface area contributed by atoms with Crippen LogP contribution in [-0.2, 0) is 10.0 Å². The van der Waals surface area contributed by atoms with E-state index in [0.29, 0.717) is 24.9 Å². The van der Waals surface area contributed by atoms with Crippen molar-refractivity contribution in [3.63, 3.8) is 0 Å². The number of aromatic nitrogens is 1. The van der Waals surface area contributed by atoms with E-state index in [1.807, 2.05) is 6.07 Å². The van der Waals surface area contributed by atoms with Crippen LogP contribution in [-0.4, -0.2) is 36.8 Å². The Balaban J connectivity index is 1.89. The van der Waals surface area contributed by atoms with Crippen molar-refractivity contribution in [3.05, 3.63) is 24.0 Å². The van der Waals surface area contributed by atoms with E-state index < -0.39 is 10.0 Å². The van der Waals surface area contributed by atoms with Crippen molar-refractivity contribution in [2.75, 3.05) is 13.1 Å². The third kappa shape index (κ3) is 2.55. The standard InChI is InChI=1S/C14H18N4O2S/c15-7-13-14(2-1-5-17-13)21(19,20)18-8-10-3-4-12(16)6-11(10)9-18/h1-2,5,10-12H,3-4,6,8-9,16H2/t10-,11+,12?/m1/s1. The zero-order valence-electron chi connectivity index (χ0n) is 11.6. The molecule has 1 aromatic rings. The van der Waals surface area contributed by atoms with E-state index in [9.17, 15) is 8.42 Å². The van der Waals surface area contributed by atoms with Crippen LogP contribution in [0.4, 0.5) is 0 Å². The van der Waals surface area contributed by atoms with Crippen LogP contribution in [0.5, 0.6) is 0 Å². The quantitative estimate of drug-likeness (QED) is 0.867. The highest BCUT2D eigenvalue weighted by Crippen LogP contribution is 2.38. The number of pyridine rings is 1. The van der Waals surface area contributed by atoms with Gasteiger partial charge < -0.3 is 5.73 Å². The first kappa shape index (κ1) is 14.4. The molecule has 1 aromatic heterocycles. The van der Waals surface area contributed by atoms with Crippen molar-refractivity contribution in [3.8, 4) is 6.07 Å². The Morgan fingerprint density at radius 3 is 2.86 bits per heavy atom. The van der Waals surface area contributed by atoms with Gasteiger partial charge in [0, 0.05) is 25.3 Å². The largest absolute Gasteiger partial charge is 0.328 e. The van der Waals surface area contributed by atoms with Crippen LogP contribution in [0.2, 0.25) is 0 Å². The van der Waals surface area contributed by atoms with E-state index in [1.165, 1.54) is 16.6 Å². The molecule has 1 saturated heterocycles. The second kappa shape index (κ2) is 5.37. The minimum atomic E-state index is -3.65. The van der Waals surface area contributed by atoms with E-state index in [2.05, 4.69) is 4.98 Å². The Bertz CT molecular complexity index is 682. The topological polar surface area (TPSA) is 100 Å². The van der Waals surface area contributed by atoms with Crippen LogP contribution >= 0.6 is 0 Å². The van der Waals surface area contributed by atoms with Crippen LogP contribution in [0.25, 0.3) is 0 Å². The molecular formula is C14H18N4O2S. The van der Waals surface area contributed by atoms with Gasteiger partial charge in [-0.05, 0) is 43.2 Å². The average Bonchev–Trinajstić information content (AvgIpc) is 2.91. The van der Waals surface area contributed by atoms with Crippen LogP contribution < -0.4 is 5.73 Å². The molecule has 0 spiro atoms. The summed E-state index contributed by atoms with van der Waals surface area (Å²) >= 11 is 0. The van der Waals surface area contributed by atoms with Gasteiger partial charge in [-0.2, -0.15) is 9.57 Å². The SMILES string of the molecule is N#Cc1ncccc1S(=O)(=O)N1C[C@H]2CCC(N)C[C@H]2C1. The van der Waals surface area contributed by atoms with Crippen molar-refractivity contribution in [2.45, 2.75) is 30.2 Å². The molecule has 2 heterocycles. The van der Waals surface area contributed by atoms with Gasteiger partial charge in [0.15, 0.2) is 5.69 Å². The third-order valence-corrected chi connectivity index (χ3v) is 6.41. The highest BCUT2D eigenvalue weighted by molar-refractivity contribution is 7.89. The molecule has 2 aliphatic rings. The lowest BCUT2D eigenvalue weighted by molar-refractivity contribution is 0.271. The summed E-state index contributed by atoms with van der Waals surface area (Å²) in [5.41, 5.74) is 5.94. The van der Waals surface area contributed by atoms with Crippen molar-refractivity contribution in [2.24, 2.45) is 17.6 Å². The Labute approximate surface area is 124 Å². The second-order valence-electron chi connectivity index (χ2n) is 5.88. The molecule has 7 heteroatoms. The Hall–Kier alpha value is -1.49. The molecule has 21 heavy (non-hydrogen) atoms. The van der Waals surface area contributed by atoms with Gasteiger partial charge in [-0.3, -0.25) is 0 Å². The Morgan fingerprint density at radius 2 is 2.10 bits per heavy atom. The van der Waals surface area contributed by atoms with Crippen molar-refractivity contribution >= 4 is 10.0 Å². The molecule has 3 rings (SSSR count). The second-order valence-corrected chi connectivity index (χ2v) is 7.78. The van der Waals surface area contributed by atoms with Crippen LogP contribution in [0.3, 0.4) is 0 Å². The first-order valence-corrected chi connectivity index (χ1v) is 8.57. The van der Waals surface area contributed by atoms with Crippen molar-refractivity contribution < 1.29 is 8.42 Å². The van der Waals surface area contributed by atoms with Gasteiger partial charge in [0.05, 0.1) is 0 Å². The molecule has 3 atom stereocenters. The van der Waals surface area contributed by atoms with Gasteiger partial charge in [0.1, 0.15) is 11.0 Å². The highest BCUT2D eigenvalue weighted by Gasteiger charge is 2.42. The molecule has 112 valence electrons. The number of nitriles is 1. The Morgan fingerprint density at radius 1 is 1.33 bits per heavy atom. The number of rotatable bonds is 2. The molecule has 1 aliphatic carbocycles. The molecule has 6 nitrogen and oxygen atoms in total. The maximum atomic E-state index is 12.7. The fourth-order valence-electron chi connectivity index (χ4n) is 3.44. The minimum Gasteiger partial charge on any atom is -0.328 e. The molecule has 2 fully saturated rings. The Kier molecular flexibility index (Phi) is 3.69. The molecule has 0 bridgehead atoms. The number of hydrogen-bond acceptors (Lipinski definition) is 5. The predicted molar refractivity (Wildman–Crippen MR) is 76.5 cm³/mol. The molecule has 0 radical (unpaired) electrons. The van der Waals surface area contributed by atoms with Gasteiger partial charge in [-0.1, -0.05) is 0 Å². The van der Waals surface area contributed by atoms with Crippen molar-refractivity contribution in [1.29, 1.82) is 5.26 Å². The predicted octanol–water partition coefficient (Wildman–Crippen LogP) is 0.701. The summed E-state index contributed by atoms with van der Waals surface area (Å²) in [5.74, 6) is 0.729. The maximum Gasteiger partial charge on any atom is 0.245 e. The van der Waals surface area contributed by atoms with Crippen LogP contribution in [0.1, 0.15) is 25.0 Å². The zero-order chi connectivity index (χ0) is 15.0. The van der Waals surface area contributed by atoms with Crippen LogP contribution in [0, 0.1) is 23.2 Å². The van der Waals surface area contributed by atoms with E-state index >= 15 is 0 Å². The summed E-state index contributed by atoms with van der Waals surface area (Å²) < 4.78 is 27.0. The molecule has 1 unspecified atom stereocenters. The summed E-state index contributed by atoms with van der Waals surface area (Å²) in [4.78, 5) is 3.86. The third-order valence-electron chi connectivity index (χ3n) is 4.55. The monoisotopic (exact) mass is 306 g/mol. The van der Waals surface area contributed by atoms with Gasteiger partial charge in [0.2, 0.25) is 10.0 Å². The minimum absolute atomic E-state index is 0.00967. The zero-order valence-corrected chi connectivity index (χ0v) is 12.5. The average molecular weight is 306 g/mol. The van der Waals surface area contributed by atoms with Gasteiger partial charge >= 0.3 is 0 Å². The van der Waals surface area contributed by atoms with E-state index in [4.69, 9.17) is 11.0 Å². The summed E-state index contributed by atoms with van der Waals surface area (Å²) in [7, 11) is -3.65. The lowest BCUT2D eigenvalue weighted by atomic mass is 9.79. The maximum absolute atomic E-state index is 12.7. The molecular weight excluding hydrogens is 288 g/mol. The molecule has 1 saturated carbocycles. The number of sulfonamides is 1. The van der Waals surface area contributed by atoms with Gasteiger partial charge in [-0.15, -0.1) is 0 Å². The summed E-state index contributed by atoms with van der Waals surface area (Å²) in [6, 6.07) is 5.04. The van der Waals surface area contributed by atoms with E-state index in [-0.39, 0.29) is 16.6 Å². The fourth-order valence-corrected chi connectivity index (χ4v) is 5.09. The summed E-state index contributed by atoms with van der Waals surface area (Å²) in [6.45, 7) is 1.03. The normalized spacial score (nSPS) is 29.8. The lowest BCUT2D eigenvalue weighted by Crippen LogP contribution is -2.32. The van der Waals surface area contributed by atoms with E-state index in [1.54, 1.807) is 6.07 Å². The fraction of sp³-hybridized carbons (Fsp3) is 0.571. The number of nitrogens with zero attached hydrogens (tertiary/aromatic N) is 3. The molecule has 1 aliphatic heterocycles. The number of hydrogen-bond donors (Lipinski definition) is 1. The van der Waals surface area contributed by atoms with Gasteiger partial charge in [-0.25, -0.2) is 13.4 Å². The molecule has 0 amide bonds. The smallest absolute Gasteiger partial charge is 0.245 e. The van der Waals surface area contributed by atoms with Gasteiger partial charge in [0.25, 0.3) is 0 Å². The van der Waals surface area contributed by atoms with Crippen LogP contribution in [0.15, 0.2) is 23.2 Å². The summed E-state index contributed by atoms with van der Waals surface area (Å²) in [5, 5.41) is 9.05. The number of fused-ring (bicyclic) bond motifs is 1. The summed E-state index contributed by atoms with van der Waals surface area (Å²) in [6.07, 6.45) is 4.26. The molecule has 2 N–H and O–H groups in total.